The van der Waals surface area contributed by atoms with Crippen molar-refractivity contribution in [3.05, 3.63) is 28.2 Å². The maximum Gasteiger partial charge on any atom is 0.120 e. The molecule has 1 atom stereocenters. The summed E-state index contributed by atoms with van der Waals surface area (Å²) in [5.41, 5.74) is 1.37. The third-order valence-corrected chi connectivity index (χ3v) is 3.36. The minimum absolute atomic E-state index is 0.630. The fourth-order valence-corrected chi connectivity index (χ4v) is 2.56. The number of methoxy groups -OCH3 is 1. The van der Waals surface area contributed by atoms with Crippen molar-refractivity contribution in [1.29, 1.82) is 0 Å². The smallest absolute Gasteiger partial charge is 0.120 e. The maximum absolute atomic E-state index is 5.28. The SMILES string of the molecule is COc1cc(Br)cc(C2CCCNC2)c1. The van der Waals surface area contributed by atoms with E-state index in [4.69, 9.17) is 4.74 Å². The summed E-state index contributed by atoms with van der Waals surface area (Å²) in [6.45, 7) is 2.24. The van der Waals surface area contributed by atoms with E-state index in [0.717, 1.165) is 23.3 Å². The average molecular weight is 270 g/mol. The van der Waals surface area contributed by atoms with Crippen LogP contribution in [0, 0.1) is 0 Å². The van der Waals surface area contributed by atoms with Gasteiger partial charge in [-0.05, 0) is 49.1 Å². The molecule has 3 heteroatoms. The molecule has 1 aromatic rings. The molecule has 2 nitrogen and oxygen atoms in total. The molecule has 0 aromatic heterocycles. The van der Waals surface area contributed by atoms with Crippen molar-refractivity contribution in [3.63, 3.8) is 0 Å². The van der Waals surface area contributed by atoms with Crippen LogP contribution in [0.4, 0.5) is 0 Å². The molecule has 0 aliphatic carbocycles. The van der Waals surface area contributed by atoms with E-state index in [9.17, 15) is 0 Å². The minimum atomic E-state index is 0.630. The standard InChI is InChI=1S/C12H16BrNO/c1-15-12-6-10(5-11(13)7-12)9-3-2-4-14-8-9/h5-7,9,14H,2-4,8H2,1H3. The van der Waals surface area contributed by atoms with Crippen molar-refractivity contribution in [1.82, 2.24) is 5.32 Å². The van der Waals surface area contributed by atoms with Crippen molar-refractivity contribution < 1.29 is 4.74 Å². The summed E-state index contributed by atoms with van der Waals surface area (Å²) >= 11 is 3.52. The minimum Gasteiger partial charge on any atom is -0.497 e. The molecule has 0 bridgehead atoms. The number of ether oxygens (including phenoxy) is 1. The number of nitrogens with one attached hydrogen (secondary N) is 1. The zero-order chi connectivity index (χ0) is 10.7. The predicted octanol–water partition coefficient (Wildman–Crippen LogP) is 2.92. The number of piperidine rings is 1. The molecule has 0 saturated carbocycles. The highest BCUT2D eigenvalue weighted by molar-refractivity contribution is 9.10. The Bertz CT molecular complexity index is 334. The zero-order valence-electron chi connectivity index (χ0n) is 8.92. The lowest BCUT2D eigenvalue weighted by Gasteiger charge is -2.23. The molecular formula is C12H16BrNO. The van der Waals surface area contributed by atoms with Crippen LogP contribution < -0.4 is 10.1 Å². The summed E-state index contributed by atoms with van der Waals surface area (Å²) in [6, 6.07) is 6.34. The van der Waals surface area contributed by atoms with Gasteiger partial charge in [0.15, 0.2) is 0 Å². The first-order valence-electron chi connectivity index (χ1n) is 5.35. The molecule has 1 unspecified atom stereocenters. The molecule has 1 heterocycles. The molecule has 0 spiro atoms. The Hall–Kier alpha value is -0.540. The maximum atomic E-state index is 5.28. The van der Waals surface area contributed by atoms with Crippen LogP contribution in [0.25, 0.3) is 0 Å². The highest BCUT2D eigenvalue weighted by Crippen LogP contribution is 2.29. The second kappa shape index (κ2) is 4.99. The number of halogens is 1. The van der Waals surface area contributed by atoms with E-state index in [1.165, 1.54) is 18.4 Å². The lowest BCUT2D eigenvalue weighted by atomic mass is 9.92. The Kier molecular flexibility index (Phi) is 3.65. The molecule has 1 fully saturated rings. The van der Waals surface area contributed by atoms with Gasteiger partial charge >= 0.3 is 0 Å². The van der Waals surface area contributed by atoms with Crippen molar-refractivity contribution in [3.8, 4) is 5.75 Å². The molecule has 0 radical (unpaired) electrons. The van der Waals surface area contributed by atoms with Gasteiger partial charge in [0, 0.05) is 11.0 Å². The highest BCUT2D eigenvalue weighted by atomic mass is 79.9. The van der Waals surface area contributed by atoms with Gasteiger partial charge in [-0.25, -0.2) is 0 Å². The van der Waals surface area contributed by atoms with E-state index in [0.29, 0.717) is 5.92 Å². The lowest BCUT2D eigenvalue weighted by Crippen LogP contribution is -2.28. The van der Waals surface area contributed by atoms with Crippen molar-refractivity contribution in [2.45, 2.75) is 18.8 Å². The third kappa shape index (κ3) is 2.73. The van der Waals surface area contributed by atoms with Crippen LogP contribution in [-0.2, 0) is 0 Å². The summed E-state index contributed by atoms with van der Waals surface area (Å²) < 4.78 is 6.38. The number of hydrogen-bond donors (Lipinski definition) is 1. The van der Waals surface area contributed by atoms with Gasteiger partial charge in [0.1, 0.15) is 5.75 Å². The average Bonchev–Trinajstić information content (AvgIpc) is 2.29. The first kappa shape index (κ1) is 11.0. The van der Waals surface area contributed by atoms with Gasteiger partial charge in [-0.1, -0.05) is 15.9 Å². The van der Waals surface area contributed by atoms with Crippen molar-refractivity contribution in [2.24, 2.45) is 0 Å². The quantitative estimate of drug-likeness (QED) is 0.892. The van der Waals surface area contributed by atoms with Crippen LogP contribution in [0.15, 0.2) is 22.7 Å². The van der Waals surface area contributed by atoms with E-state index in [-0.39, 0.29) is 0 Å². The van der Waals surface area contributed by atoms with Crippen LogP contribution in [-0.4, -0.2) is 20.2 Å². The van der Waals surface area contributed by atoms with Gasteiger partial charge in [-0.15, -0.1) is 0 Å². The Labute approximate surface area is 99.1 Å². The molecule has 1 aromatic carbocycles. The first-order valence-corrected chi connectivity index (χ1v) is 6.14. The second-order valence-corrected chi connectivity index (χ2v) is 4.88. The van der Waals surface area contributed by atoms with Gasteiger partial charge < -0.3 is 10.1 Å². The normalized spacial score (nSPS) is 21.3. The van der Waals surface area contributed by atoms with Gasteiger partial charge in [-0.3, -0.25) is 0 Å². The van der Waals surface area contributed by atoms with Gasteiger partial charge in [0.25, 0.3) is 0 Å². The predicted molar refractivity (Wildman–Crippen MR) is 65.5 cm³/mol. The Morgan fingerprint density at radius 3 is 2.93 bits per heavy atom. The molecule has 1 saturated heterocycles. The Morgan fingerprint density at radius 2 is 2.27 bits per heavy atom. The van der Waals surface area contributed by atoms with Crippen LogP contribution in [0.2, 0.25) is 0 Å². The first-order chi connectivity index (χ1) is 7.29. The number of hydrogen-bond acceptors (Lipinski definition) is 2. The van der Waals surface area contributed by atoms with Crippen molar-refractivity contribution >= 4 is 15.9 Å². The third-order valence-electron chi connectivity index (χ3n) is 2.90. The van der Waals surface area contributed by atoms with Crippen molar-refractivity contribution in [2.75, 3.05) is 20.2 Å². The molecule has 0 amide bonds. The van der Waals surface area contributed by atoms with Gasteiger partial charge in [-0.2, -0.15) is 0 Å². The molecule has 1 N–H and O–H groups in total. The summed E-state index contributed by atoms with van der Waals surface area (Å²) in [6.07, 6.45) is 2.53. The highest BCUT2D eigenvalue weighted by Gasteiger charge is 2.16. The van der Waals surface area contributed by atoms with E-state index in [2.05, 4.69) is 33.4 Å². The fourth-order valence-electron chi connectivity index (χ4n) is 2.07. The summed E-state index contributed by atoms with van der Waals surface area (Å²) in [4.78, 5) is 0. The van der Waals surface area contributed by atoms with E-state index in [1.807, 2.05) is 6.07 Å². The molecule has 2 rings (SSSR count). The van der Waals surface area contributed by atoms with Crippen LogP contribution in [0.1, 0.15) is 24.3 Å². The second-order valence-electron chi connectivity index (χ2n) is 3.97. The van der Waals surface area contributed by atoms with E-state index < -0.39 is 0 Å². The summed E-state index contributed by atoms with van der Waals surface area (Å²) in [5, 5.41) is 3.43. The molecule has 15 heavy (non-hydrogen) atoms. The monoisotopic (exact) mass is 269 g/mol. The summed E-state index contributed by atoms with van der Waals surface area (Å²) in [5.74, 6) is 1.56. The van der Waals surface area contributed by atoms with Crippen LogP contribution in [0.3, 0.4) is 0 Å². The van der Waals surface area contributed by atoms with E-state index in [1.54, 1.807) is 7.11 Å². The summed E-state index contributed by atoms with van der Waals surface area (Å²) in [7, 11) is 1.71. The topological polar surface area (TPSA) is 21.3 Å². The molecule has 1 aliphatic heterocycles. The lowest BCUT2D eigenvalue weighted by molar-refractivity contribution is 0.411. The zero-order valence-corrected chi connectivity index (χ0v) is 10.5. The van der Waals surface area contributed by atoms with Gasteiger partial charge in [0.05, 0.1) is 7.11 Å². The van der Waals surface area contributed by atoms with Crippen LogP contribution in [0.5, 0.6) is 5.75 Å². The number of benzene rings is 1. The Balaban J connectivity index is 2.22. The van der Waals surface area contributed by atoms with E-state index >= 15 is 0 Å². The largest absolute Gasteiger partial charge is 0.497 e. The number of rotatable bonds is 2. The van der Waals surface area contributed by atoms with Gasteiger partial charge in [0.2, 0.25) is 0 Å². The van der Waals surface area contributed by atoms with Crippen LogP contribution >= 0.6 is 15.9 Å². The molecule has 82 valence electrons. The molecular weight excluding hydrogens is 254 g/mol. The molecule has 1 aliphatic rings. The fraction of sp³-hybridized carbons (Fsp3) is 0.500. The Morgan fingerprint density at radius 1 is 1.40 bits per heavy atom.